The lowest BCUT2D eigenvalue weighted by Gasteiger charge is -2.32. The lowest BCUT2D eigenvalue weighted by molar-refractivity contribution is -0.127. The van der Waals surface area contributed by atoms with Crippen molar-refractivity contribution in [2.45, 2.75) is 44.3 Å². The fourth-order valence-electron chi connectivity index (χ4n) is 4.61. The Balaban J connectivity index is 1.49. The summed E-state index contributed by atoms with van der Waals surface area (Å²) < 4.78 is 28.0. The first-order chi connectivity index (χ1) is 18.5. The van der Waals surface area contributed by atoms with Crippen LogP contribution in [0.5, 0.6) is 0 Å². The van der Waals surface area contributed by atoms with Crippen molar-refractivity contribution in [3.05, 3.63) is 90.3 Å². The number of hydrogen-bond donors (Lipinski definition) is 1. The highest BCUT2D eigenvalue weighted by molar-refractivity contribution is 6.01. The lowest BCUT2D eigenvalue weighted by atomic mass is 10.0. The molecule has 4 aromatic rings. The minimum Gasteiger partial charge on any atom is -0.351 e. The fourth-order valence-corrected chi connectivity index (χ4v) is 4.61. The van der Waals surface area contributed by atoms with Gasteiger partial charge in [0, 0.05) is 24.1 Å². The molecular weight excluding hydrogens is 492 g/mol. The predicted octanol–water partition coefficient (Wildman–Crippen LogP) is 3.85. The van der Waals surface area contributed by atoms with E-state index in [0.717, 1.165) is 30.5 Å². The number of anilines is 1. The predicted molar refractivity (Wildman–Crippen MR) is 134 cm³/mol. The molecule has 0 spiro atoms. The fraction of sp³-hybridized carbons (Fsp3) is 0.259. The van der Waals surface area contributed by atoms with Crippen molar-refractivity contribution in [3.8, 4) is 11.4 Å². The molecule has 9 nitrogen and oxygen atoms in total. The summed E-state index contributed by atoms with van der Waals surface area (Å²) in [5.41, 5.74) is 0.994. The van der Waals surface area contributed by atoms with Gasteiger partial charge in [0.1, 0.15) is 24.2 Å². The molecule has 1 saturated carbocycles. The van der Waals surface area contributed by atoms with Crippen LogP contribution in [0.2, 0.25) is 0 Å². The molecule has 0 aliphatic heterocycles. The largest absolute Gasteiger partial charge is 0.351 e. The number of carbonyl (C=O) groups excluding carboxylic acids is 2. The summed E-state index contributed by atoms with van der Waals surface area (Å²) in [5, 5.41) is 15.0. The van der Waals surface area contributed by atoms with Gasteiger partial charge in [0.05, 0.1) is 5.56 Å². The number of aromatic nitrogens is 5. The zero-order chi connectivity index (χ0) is 26.5. The van der Waals surface area contributed by atoms with Gasteiger partial charge in [0.25, 0.3) is 5.91 Å². The summed E-state index contributed by atoms with van der Waals surface area (Å²) >= 11 is 0. The Bertz CT molecular complexity index is 1410. The van der Waals surface area contributed by atoms with Crippen LogP contribution in [0.4, 0.5) is 14.5 Å². The van der Waals surface area contributed by atoms with Crippen molar-refractivity contribution in [3.63, 3.8) is 0 Å². The maximum absolute atomic E-state index is 14.2. The monoisotopic (exact) mass is 517 g/mol. The lowest BCUT2D eigenvalue weighted by Crippen LogP contribution is -2.47. The van der Waals surface area contributed by atoms with Crippen LogP contribution in [-0.4, -0.2) is 43.0 Å². The van der Waals surface area contributed by atoms with E-state index in [9.17, 15) is 18.4 Å². The third-order valence-corrected chi connectivity index (χ3v) is 6.45. The maximum Gasteiger partial charge on any atom is 0.251 e. The number of tetrazole rings is 1. The van der Waals surface area contributed by atoms with Crippen LogP contribution in [0, 0.1) is 11.6 Å². The molecular formula is C27H25F2N7O2. The first kappa shape index (κ1) is 25.1. The molecule has 1 fully saturated rings. The molecule has 5 rings (SSSR count). The molecule has 1 aliphatic carbocycles. The van der Waals surface area contributed by atoms with Crippen LogP contribution in [0.3, 0.4) is 0 Å². The van der Waals surface area contributed by atoms with E-state index in [2.05, 4.69) is 25.7 Å². The highest BCUT2D eigenvalue weighted by atomic mass is 19.1. The van der Waals surface area contributed by atoms with Crippen molar-refractivity contribution >= 4 is 17.5 Å². The van der Waals surface area contributed by atoms with E-state index in [1.54, 1.807) is 24.3 Å². The summed E-state index contributed by atoms with van der Waals surface area (Å²) in [6.45, 7) is -0.392. The van der Waals surface area contributed by atoms with Crippen molar-refractivity contribution in [2.24, 2.45) is 0 Å². The number of carbonyl (C=O) groups is 2. The molecule has 1 N–H and O–H groups in total. The molecule has 38 heavy (non-hydrogen) atoms. The highest BCUT2D eigenvalue weighted by Gasteiger charge is 2.34. The topological polar surface area (TPSA) is 106 Å². The molecule has 2 amide bonds. The van der Waals surface area contributed by atoms with Gasteiger partial charge in [-0.05, 0) is 72.1 Å². The molecule has 1 atom stereocenters. The Hall–Kier alpha value is -4.54. The van der Waals surface area contributed by atoms with Crippen LogP contribution >= 0.6 is 0 Å². The second-order valence-electron chi connectivity index (χ2n) is 9.04. The van der Waals surface area contributed by atoms with Crippen molar-refractivity contribution in [1.82, 2.24) is 30.5 Å². The van der Waals surface area contributed by atoms with E-state index in [1.165, 1.54) is 53.7 Å². The molecule has 0 radical (unpaired) electrons. The number of benzene rings is 2. The molecule has 194 valence electrons. The second kappa shape index (κ2) is 11.2. The van der Waals surface area contributed by atoms with Crippen LogP contribution in [0.25, 0.3) is 11.4 Å². The number of rotatable bonds is 8. The van der Waals surface area contributed by atoms with Crippen LogP contribution in [0.15, 0.2) is 73.1 Å². The Morgan fingerprint density at radius 3 is 2.42 bits per heavy atom. The van der Waals surface area contributed by atoms with Crippen molar-refractivity contribution in [1.29, 1.82) is 0 Å². The average Bonchev–Trinajstić information content (AvgIpc) is 3.61. The number of nitrogens with one attached hydrogen (secondary N) is 1. The Morgan fingerprint density at radius 1 is 1.00 bits per heavy atom. The third kappa shape index (κ3) is 5.56. The molecule has 2 aromatic heterocycles. The summed E-state index contributed by atoms with van der Waals surface area (Å²) in [6.07, 6.45) is 6.85. The normalized spacial score (nSPS) is 14.3. The second-order valence-corrected chi connectivity index (χ2v) is 9.04. The van der Waals surface area contributed by atoms with Gasteiger partial charge in [-0.3, -0.25) is 19.5 Å². The SMILES string of the molecule is O=C(NC1CCCC1)C(c1ccncc1)N(C(=O)Cn1nnc(-c2ccccc2F)n1)c1ccc(F)cc1. The quantitative estimate of drug-likeness (QED) is 0.381. The molecule has 11 heteroatoms. The van der Waals surface area contributed by atoms with E-state index in [0.29, 0.717) is 11.3 Å². The Morgan fingerprint density at radius 2 is 1.71 bits per heavy atom. The van der Waals surface area contributed by atoms with Crippen molar-refractivity contribution in [2.75, 3.05) is 4.90 Å². The number of pyridine rings is 1. The molecule has 1 unspecified atom stereocenters. The number of halogens is 2. The van der Waals surface area contributed by atoms with Gasteiger partial charge in [-0.15, -0.1) is 10.2 Å². The van der Waals surface area contributed by atoms with E-state index in [4.69, 9.17) is 0 Å². The summed E-state index contributed by atoms with van der Waals surface area (Å²) in [5.74, 6) is -1.89. The molecule has 0 bridgehead atoms. The van der Waals surface area contributed by atoms with Gasteiger partial charge >= 0.3 is 0 Å². The first-order valence-corrected chi connectivity index (χ1v) is 12.3. The van der Waals surface area contributed by atoms with Crippen LogP contribution in [-0.2, 0) is 16.1 Å². The van der Waals surface area contributed by atoms with Crippen LogP contribution in [0.1, 0.15) is 37.3 Å². The van der Waals surface area contributed by atoms with E-state index < -0.39 is 30.1 Å². The van der Waals surface area contributed by atoms with Crippen LogP contribution < -0.4 is 10.2 Å². The van der Waals surface area contributed by atoms with Gasteiger partial charge in [-0.25, -0.2) is 8.78 Å². The van der Waals surface area contributed by atoms with Gasteiger partial charge in [-0.1, -0.05) is 25.0 Å². The summed E-state index contributed by atoms with van der Waals surface area (Å²) in [6, 6.07) is 13.5. The highest BCUT2D eigenvalue weighted by Crippen LogP contribution is 2.29. The smallest absolute Gasteiger partial charge is 0.251 e. The van der Waals surface area contributed by atoms with Gasteiger partial charge in [-0.2, -0.15) is 4.80 Å². The zero-order valence-corrected chi connectivity index (χ0v) is 20.4. The molecule has 2 heterocycles. The number of nitrogens with zero attached hydrogens (tertiary/aromatic N) is 6. The zero-order valence-electron chi connectivity index (χ0n) is 20.4. The third-order valence-electron chi connectivity index (χ3n) is 6.45. The van der Waals surface area contributed by atoms with E-state index in [-0.39, 0.29) is 23.3 Å². The molecule has 2 aromatic carbocycles. The standard InChI is InChI=1S/C27H25F2N7O2/c28-19-9-11-21(12-10-19)36(24(37)17-35-33-26(32-34-35)22-7-3-4-8-23(22)29)25(18-13-15-30-16-14-18)27(38)31-20-5-1-2-6-20/h3-4,7-16,20,25H,1-2,5-6,17H2,(H,31,38). The summed E-state index contributed by atoms with van der Waals surface area (Å²) in [4.78, 5) is 33.8. The Labute approximate surface area is 217 Å². The van der Waals surface area contributed by atoms with Gasteiger partial charge < -0.3 is 5.32 Å². The molecule has 1 aliphatic rings. The first-order valence-electron chi connectivity index (χ1n) is 12.3. The van der Waals surface area contributed by atoms with E-state index >= 15 is 0 Å². The average molecular weight is 518 g/mol. The van der Waals surface area contributed by atoms with Crippen molar-refractivity contribution < 1.29 is 18.4 Å². The summed E-state index contributed by atoms with van der Waals surface area (Å²) in [7, 11) is 0. The van der Waals surface area contributed by atoms with Gasteiger partial charge in [0.2, 0.25) is 11.7 Å². The minimum atomic E-state index is -1.06. The Kier molecular flexibility index (Phi) is 7.43. The number of amides is 2. The maximum atomic E-state index is 14.2. The molecule has 0 saturated heterocycles. The number of hydrogen-bond acceptors (Lipinski definition) is 6. The minimum absolute atomic E-state index is 0.0114. The van der Waals surface area contributed by atoms with E-state index in [1.807, 2.05) is 0 Å². The van der Waals surface area contributed by atoms with Gasteiger partial charge in [0.15, 0.2) is 0 Å².